The highest BCUT2D eigenvalue weighted by Crippen LogP contribution is 2.28. The summed E-state index contributed by atoms with van der Waals surface area (Å²) < 4.78 is 5.12. The molecule has 0 amide bonds. The van der Waals surface area contributed by atoms with E-state index in [-0.39, 0.29) is 5.75 Å². The van der Waals surface area contributed by atoms with E-state index >= 15 is 0 Å². The fraction of sp³-hybridized carbons (Fsp3) is 0.316. The molecule has 0 radical (unpaired) electrons. The average Bonchev–Trinajstić information content (AvgIpc) is 2.62. The molecular formula is C19H23N3O2. The lowest BCUT2D eigenvalue weighted by Crippen LogP contribution is -2.44. The topological polar surface area (TPSA) is 48.3 Å². The van der Waals surface area contributed by atoms with E-state index in [0.29, 0.717) is 11.3 Å². The van der Waals surface area contributed by atoms with Crippen molar-refractivity contribution < 1.29 is 9.84 Å². The summed E-state index contributed by atoms with van der Waals surface area (Å²) in [6.07, 6.45) is 1.69. The molecule has 0 aliphatic carbocycles. The van der Waals surface area contributed by atoms with Gasteiger partial charge in [0.25, 0.3) is 0 Å². The number of aromatic hydroxyl groups is 1. The Balaban J connectivity index is 1.60. The Hall–Kier alpha value is -2.69. The minimum atomic E-state index is 0.127. The van der Waals surface area contributed by atoms with Crippen LogP contribution < -0.4 is 9.64 Å². The molecule has 0 atom stereocenters. The third-order valence-electron chi connectivity index (χ3n) is 4.27. The molecule has 0 aromatic heterocycles. The van der Waals surface area contributed by atoms with Crippen LogP contribution in [0.1, 0.15) is 11.1 Å². The van der Waals surface area contributed by atoms with E-state index in [4.69, 9.17) is 4.74 Å². The zero-order valence-electron chi connectivity index (χ0n) is 14.1. The summed E-state index contributed by atoms with van der Waals surface area (Å²) in [7, 11) is 1.54. The first kappa shape index (κ1) is 16.2. The van der Waals surface area contributed by atoms with Crippen LogP contribution in [0.25, 0.3) is 0 Å². The molecule has 3 rings (SSSR count). The molecule has 1 heterocycles. The van der Waals surface area contributed by atoms with Crippen molar-refractivity contribution in [3.05, 3.63) is 53.6 Å². The summed E-state index contributed by atoms with van der Waals surface area (Å²) in [6, 6.07) is 14.0. The molecule has 24 heavy (non-hydrogen) atoms. The molecule has 1 aliphatic rings. The molecule has 5 nitrogen and oxygen atoms in total. The first-order valence-corrected chi connectivity index (χ1v) is 8.14. The SMILES string of the molecule is COc1cccc(/C=N/N2CCN(c3ccc(C)cc3)CC2)c1O. The van der Waals surface area contributed by atoms with E-state index in [9.17, 15) is 5.11 Å². The van der Waals surface area contributed by atoms with Crippen LogP contribution in [0.3, 0.4) is 0 Å². The van der Waals surface area contributed by atoms with Gasteiger partial charge in [0, 0.05) is 24.3 Å². The Kier molecular flexibility index (Phi) is 4.89. The molecule has 1 saturated heterocycles. The average molecular weight is 325 g/mol. The van der Waals surface area contributed by atoms with Crippen molar-refractivity contribution in [2.45, 2.75) is 6.92 Å². The van der Waals surface area contributed by atoms with Gasteiger partial charge in [-0.05, 0) is 31.2 Å². The van der Waals surface area contributed by atoms with Crippen LogP contribution >= 0.6 is 0 Å². The van der Waals surface area contributed by atoms with Crippen LogP contribution in [0.4, 0.5) is 5.69 Å². The number of piperazine rings is 1. The number of rotatable bonds is 4. The van der Waals surface area contributed by atoms with Crippen LogP contribution in [0, 0.1) is 6.92 Å². The minimum absolute atomic E-state index is 0.127. The lowest BCUT2D eigenvalue weighted by atomic mass is 10.2. The lowest BCUT2D eigenvalue weighted by Gasteiger charge is -2.34. The van der Waals surface area contributed by atoms with Gasteiger partial charge in [-0.25, -0.2) is 0 Å². The van der Waals surface area contributed by atoms with Crippen LogP contribution in [0.2, 0.25) is 0 Å². The van der Waals surface area contributed by atoms with Gasteiger partial charge in [-0.15, -0.1) is 0 Å². The van der Waals surface area contributed by atoms with E-state index < -0.39 is 0 Å². The Morgan fingerprint density at radius 2 is 1.75 bits per heavy atom. The van der Waals surface area contributed by atoms with Gasteiger partial charge in [-0.2, -0.15) is 5.10 Å². The largest absolute Gasteiger partial charge is 0.504 e. The van der Waals surface area contributed by atoms with Crippen molar-refractivity contribution in [3.63, 3.8) is 0 Å². The Labute approximate surface area is 142 Å². The number of methoxy groups -OCH3 is 1. The Morgan fingerprint density at radius 3 is 2.42 bits per heavy atom. The number of nitrogens with zero attached hydrogens (tertiary/aromatic N) is 3. The molecule has 2 aromatic rings. The van der Waals surface area contributed by atoms with Crippen LogP contribution in [-0.2, 0) is 0 Å². The summed E-state index contributed by atoms with van der Waals surface area (Å²) in [5, 5.41) is 16.6. The molecule has 1 aliphatic heterocycles. The number of phenols is 1. The predicted molar refractivity (Wildman–Crippen MR) is 97.2 cm³/mol. The summed E-state index contributed by atoms with van der Waals surface area (Å²) in [4.78, 5) is 2.37. The van der Waals surface area contributed by atoms with Crippen molar-refractivity contribution in [2.24, 2.45) is 5.10 Å². The summed E-state index contributed by atoms with van der Waals surface area (Å²) in [5.74, 6) is 0.588. The quantitative estimate of drug-likeness (QED) is 0.878. The van der Waals surface area contributed by atoms with E-state index in [1.54, 1.807) is 19.4 Å². The highest BCUT2D eigenvalue weighted by molar-refractivity contribution is 5.84. The highest BCUT2D eigenvalue weighted by atomic mass is 16.5. The zero-order chi connectivity index (χ0) is 16.9. The van der Waals surface area contributed by atoms with Gasteiger partial charge in [0.1, 0.15) is 0 Å². The third kappa shape index (κ3) is 3.62. The second kappa shape index (κ2) is 7.25. The number of hydrogen-bond acceptors (Lipinski definition) is 5. The molecule has 126 valence electrons. The lowest BCUT2D eigenvalue weighted by molar-refractivity contribution is 0.272. The van der Waals surface area contributed by atoms with E-state index in [1.807, 2.05) is 17.1 Å². The summed E-state index contributed by atoms with van der Waals surface area (Å²) in [6.45, 7) is 5.68. The molecule has 0 unspecified atom stereocenters. The molecular weight excluding hydrogens is 302 g/mol. The molecule has 2 aromatic carbocycles. The molecule has 0 saturated carbocycles. The number of benzene rings is 2. The van der Waals surface area contributed by atoms with Crippen molar-refractivity contribution in [1.82, 2.24) is 5.01 Å². The van der Waals surface area contributed by atoms with Crippen molar-refractivity contribution >= 4 is 11.9 Å². The summed E-state index contributed by atoms with van der Waals surface area (Å²) in [5.41, 5.74) is 3.20. The van der Waals surface area contributed by atoms with Gasteiger partial charge >= 0.3 is 0 Å². The first-order chi connectivity index (χ1) is 11.7. The normalized spacial score (nSPS) is 15.1. The van der Waals surface area contributed by atoms with Crippen LogP contribution in [-0.4, -0.2) is 49.6 Å². The number of hydrazone groups is 1. The maximum absolute atomic E-state index is 10.1. The van der Waals surface area contributed by atoms with Gasteiger partial charge in [0.2, 0.25) is 0 Å². The molecule has 0 bridgehead atoms. The second-order valence-electron chi connectivity index (χ2n) is 5.92. The van der Waals surface area contributed by atoms with Gasteiger partial charge < -0.3 is 14.7 Å². The monoisotopic (exact) mass is 325 g/mol. The molecule has 1 fully saturated rings. The Bertz CT molecular complexity index is 705. The van der Waals surface area contributed by atoms with Gasteiger partial charge in [-0.3, -0.25) is 5.01 Å². The number of hydrogen-bond donors (Lipinski definition) is 1. The van der Waals surface area contributed by atoms with E-state index in [1.165, 1.54) is 11.3 Å². The van der Waals surface area contributed by atoms with E-state index in [2.05, 4.69) is 41.2 Å². The zero-order valence-corrected chi connectivity index (χ0v) is 14.1. The van der Waals surface area contributed by atoms with Crippen LogP contribution in [0.5, 0.6) is 11.5 Å². The molecule has 5 heteroatoms. The van der Waals surface area contributed by atoms with Crippen molar-refractivity contribution in [2.75, 3.05) is 38.2 Å². The predicted octanol–water partition coefficient (Wildman–Crippen LogP) is 2.87. The second-order valence-corrected chi connectivity index (χ2v) is 5.92. The maximum atomic E-state index is 10.1. The number of para-hydroxylation sites is 1. The number of anilines is 1. The molecule has 0 spiro atoms. The highest BCUT2D eigenvalue weighted by Gasteiger charge is 2.15. The number of aryl methyl sites for hydroxylation is 1. The number of ether oxygens (including phenoxy) is 1. The van der Waals surface area contributed by atoms with E-state index in [0.717, 1.165) is 26.2 Å². The third-order valence-corrected chi connectivity index (χ3v) is 4.27. The van der Waals surface area contributed by atoms with Gasteiger partial charge in [0.05, 0.1) is 26.4 Å². The van der Waals surface area contributed by atoms with Gasteiger partial charge in [-0.1, -0.05) is 23.8 Å². The standard InChI is InChI=1S/C19H23N3O2/c1-15-6-8-17(9-7-15)21-10-12-22(13-11-21)20-14-16-4-3-5-18(24-2)19(16)23/h3-9,14,23H,10-13H2,1-2H3/b20-14+. The Morgan fingerprint density at radius 1 is 1.04 bits per heavy atom. The fourth-order valence-electron chi connectivity index (χ4n) is 2.78. The van der Waals surface area contributed by atoms with Crippen molar-refractivity contribution in [3.8, 4) is 11.5 Å². The summed E-state index contributed by atoms with van der Waals surface area (Å²) >= 11 is 0. The minimum Gasteiger partial charge on any atom is -0.504 e. The number of phenolic OH excluding ortho intramolecular Hbond substituents is 1. The van der Waals surface area contributed by atoms with Gasteiger partial charge in [0.15, 0.2) is 11.5 Å². The van der Waals surface area contributed by atoms with Crippen LogP contribution in [0.15, 0.2) is 47.6 Å². The smallest absolute Gasteiger partial charge is 0.166 e. The maximum Gasteiger partial charge on any atom is 0.166 e. The first-order valence-electron chi connectivity index (χ1n) is 8.14. The van der Waals surface area contributed by atoms with Crippen molar-refractivity contribution in [1.29, 1.82) is 0 Å². The molecule has 1 N–H and O–H groups in total. The fourth-order valence-corrected chi connectivity index (χ4v) is 2.78.